The van der Waals surface area contributed by atoms with Crippen molar-refractivity contribution in [1.29, 1.82) is 0 Å². The Bertz CT molecular complexity index is 972. The minimum Gasteiger partial charge on any atom is -0.489 e. The van der Waals surface area contributed by atoms with E-state index in [2.05, 4.69) is 10.5 Å². The van der Waals surface area contributed by atoms with Crippen molar-refractivity contribution in [2.75, 3.05) is 0 Å². The average molecular weight is 454 g/mol. The van der Waals surface area contributed by atoms with E-state index in [1.54, 1.807) is 36.5 Å². The van der Waals surface area contributed by atoms with Gasteiger partial charge in [-0.25, -0.2) is 0 Å². The lowest BCUT2D eigenvalue weighted by Crippen LogP contribution is -2.06. The molecule has 0 atom stereocenters. The Balaban J connectivity index is 1.57. The zero-order valence-corrected chi connectivity index (χ0v) is 17.7. The van der Waals surface area contributed by atoms with Gasteiger partial charge in [-0.2, -0.15) is 5.10 Å². The molecule has 0 unspecified atom stereocenters. The Morgan fingerprint density at radius 3 is 2.36 bits per heavy atom. The van der Waals surface area contributed by atoms with E-state index in [-0.39, 0.29) is 0 Å². The molecular weight excluding hydrogens is 438 g/mol. The van der Waals surface area contributed by atoms with Gasteiger partial charge in [0, 0.05) is 31.2 Å². The number of nitrogens with zero attached hydrogens (tertiary/aromatic N) is 1. The van der Waals surface area contributed by atoms with E-state index in [1.807, 2.05) is 30.3 Å². The second-order valence-corrected chi connectivity index (χ2v) is 7.55. The summed E-state index contributed by atoms with van der Waals surface area (Å²) in [5.41, 5.74) is 5.51. The number of hydrazone groups is 1. The van der Waals surface area contributed by atoms with Crippen molar-refractivity contribution >= 4 is 52.6 Å². The van der Waals surface area contributed by atoms with Gasteiger partial charge in [-0.1, -0.05) is 70.7 Å². The van der Waals surface area contributed by atoms with E-state index in [4.69, 9.17) is 51.1 Å². The second-order valence-electron chi connectivity index (χ2n) is 5.89. The summed E-state index contributed by atoms with van der Waals surface area (Å²) in [6.45, 7) is 0.778. The molecule has 0 spiro atoms. The van der Waals surface area contributed by atoms with E-state index >= 15 is 0 Å². The molecule has 0 saturated heterocycles. The molecule has 3 rings (SSSR count). The van der Waals surface area contributed by atoms with E-state index in [1.165, 1.54) is 0 Å². The van der Waals surface area contributed by atoms with Gasteiger partial charge in [-0.3, -0.25) is 0 Å². The molecule has 0 amide bonds. The average Bonchev–Trinajstić information content (AvgIpc) is 2.67. The highest BCUT2D eigenvalue weighted by Crippen LogP contribution is 2.24. The summed E-state index contributed by atoms with van der Waals surface area (Å²) in [5, 5.41) is 6.60. The fourth-order valence-electron chi connectivity index (χ4n) is 2.43. The first kappa shape index (κ1) is 20.8. The van der Waals surface area contributed by atoms with Crippen LogP contribution in [0.25, 0.3) is 0 Å². The van der Waals surface area contributed by atoms with E-state index < -0.39 is 0 Å². The zero-order chi connectivity index (χ0) is 19.9. The maximum atomic E-state index is 6.17. The third-order valence-electron chi connectivity index (χ3n) is 3.89. The molecule has 144 valence electrons. The van der Waals surface area contributed by atoms with Crippen LogP contribution in [0.2, 0.25) is 20.1 Å². The minimum absolute atomic E-state index is 0.347. The molecule has 0 bridgehead atoms. The van der Waals surface area contributed by atoms with Gasteiger partial charge in [-0.05, 0) is 42.0 Å². The van der Waals surface area contributed by atoms with Crippen LogP contribution < -0.4 is 10.2 Å². The van der Waals surface area contributed by atoms with Crippen LogP contribution in [0, 0.1) is 0 Å². The number of rotatable bonds is 7. The van der Waals surface area contributed by atoms with Crippen molar-refractivity contribution in [3.8, 4) is 5.75 Å². The lowest BCUT2D eigenvalue weighted by Gasteiger charge is -2.09. The number of hydrogen-bond acceptors (Lipinski definition) is 3. The number of halogens is 4. The van der Waals surface area contributed by atoms with Gasteiger partial charge in [0.05, 0.1) is 12.8 Å². The van der Waals surface area contributed by atoms with E-state index in [9.17, 15) is 0 Å². The van der Waals surface area contributed by atoms with Crippen LogP contribution in [-0.2, 0) is 13.2 Å². The predicted molar refractivity (Wildman–Crippen MR) is 118 cm³/mol. The highest BCUT2D eigenvalue weighted by atomic mass is 35.5. The van der Waals surface area contributed by atoms with Crippen molar-refractivity contribution < 1.29 is 4.74 Å². The van der Waals surface area contributed by atoms with E-state index in [0.717, 1.165) is 16.7 Å². The highest BCUT2D eigenvalue weighted by molar-refractivity contribution is 6.36. The fraction of sp³-hybridized carbons (Fsp3) is 0.0952. The Kier molecular flexibility index (Phi) is 7.46. The quantitative estimate of drug-likeness (QED) is 0.308. The SMILES string of the molecule is Clc1ccc(COc2cccc(/C=N/NCc3c(Cl)cccc3Cl)c2)c(Cl)c1. The largest absolute Gasteiger partial charge is 0.489 e. The summed E-state index contributed by atoms with van der Waals surface area (Å²) in [4.78, 5) is 0. The molecule has 0 saturated carbocycles. The van der Waals surface area contributed by atoms with Gasteiger partial charge in [0.15, 0.2) is 0 Å². The Morgan fingerprint density at radius 1 is 0.857 bits per heavy atom. The highest BCUT2D eigenvalue weighted by Gasteiger charge is 2.04. The molecule has 0 aromatic heterocycles. The van der Waals surface area contributed by atoms with Gasteiger partial charge < -0.3 is 10.2 Å². The van der Waals surface area contributed by atoms with Crippen LogP contribution in [0.1, 0.15) is 16.7 Å². The first-order chi connectivity index (χ1) is 13.5. The molecule has 0 aliphatic carbocycles. The van der Waals surface area contributed by atoms with Crippen molar-refractivity contribution in [3.05, 3.63) is 97.4 Å². The molecule has 0 heterocycles. The topological polar surface area (TPSA) is 33.6 Å². The molecule has 1 N–H and O–H groups in total. The van der Waals surface area contributed by atoms with Crippen LogP contribution in [0.3, 0.4) is 0 Å². The van der Waals surface area contributed by atoms with Gasteiger partial charge in [-0.15, -0.1) is 0 Å². The Hall–Kier alpha value is -1.91. The molecule has 0 fully saturated rings. The van der Waals surface area contributed by atoms with Crippen molar-refractivity contribution in [1.82, 2.24) is 5.43 Å². The summed E-state index contributed by atoms with van der Waals surface area (Å²) in [6.07, 6.45) is 1.70. The molecule has 3 aromatic rings. The molecule has 3 aromatic carbocycles. The standard InChI is InChI=1S/C21H16Cl4N2O/c22-16-8-7-15(21(25)10-16)13-28-17-4-1-3-14(9-17)11-26-27-12-18-19(23)5-2-6-20(18)24/h1-11,27H,12-13H2/b26-11+. The predicted octanol–water partition coefficient (Wildman–Crippen LogP) is 7.00. The maximum Gasteiger partial charge on any atom is 0.120 e. The first-order valence-electron chi connectivity index (χ1n) is 8.38. The Morgan fingerprint density at radius 2 is 1.61 bits per heavy atom. The van der Waals surface area contributed by atoms with E-state index in [0.29, 0.717) is 39.0 Å². The summed E-state index contributed by atoms with van der Waals surface area (Å²) in [5.74, 6) is 0.712. The molecule has 0 aliphatic heterocycles. The number of ether oxygens (including phenoxy) is 1. The lowest BCUT2D eigenvalue weighted by molar-refractivity contribution is 0.306. The summed E-state index contributed by atoms with van der Waals surface area (Å²) in [6, 6.07) is 18.3. The van der Waals surface area contributed by atoms with Gasteiger partial charge in [0.1, 0.15) is 12.4 Å². The van der Waals surface area contributed by atoms with Crippen LogP contribution in [0.15, 0.2) is 65.8 Å². The molecule has 3 nitrogen and oxygen atoms in total. The van der Waals surface area contributed by atoms with Crippen LogP contribution in [-0.4, -0.2) is 6.21 Å². The van der Waals surface area contributed by atoms with Crippen molar-refractivity contribution in [2.45, 2.75) is 13.2 Å². The molecular formula is C21H16Cl4N2O. The van der Waals surface area contributed by atoms with Crippen LogP contribution in [0.5, 0.6) is 5.75 Å². The monoisotopic (exact) mass is 452 g/mol. The smallest absolute Gasteiger partial charge is 0.120 e. The van der Waals surface area contributed by atoms with Crippen molar-refractivity contribution in [2.24, 2.45) is 5.10 Å². The third kappa shape index (κ3) is 5.79. The van der Waals surface area contributed by atoms with Crippen LogP contribution in [0.4, 0.5) is 0 Å². The van der Waals surface area contributed by atoms with Gasteiger partial charge in [0.25, 0.3) is 0 Å². The number of benzene rings is 3. The van der Waals surface area contributed by atoms with Crippen LogP contribution >= 0.6 is 46.4 Å². The zero-order valence-electron chi connectivity index (χ0n) is 14.6. The summed E-state index contributed by atoms with van der Waals surface area (Å²) >= 11 is 24.4. The molecule has 0 aliphatic rings. The van der Waals surface area contributed by atoms with Gasteiger partial charge in [0.2, 0.25) is 0 Å². The fourth-order valence-corrected chi connectivity index (χ4v) is 3.42. The number of hydrogen-bond donors (Lipinski definition) is 1. The summed E-state index contributed by atoms with van der Waals surface area (Å²) in [7, 11) is 0. The molecule has 0 radical (unpaired) electrons. The molecule has 28 heavy (non-hydrogen) atoms. The second kappa shape index (κ2) is 10.0. The van der Waals surface area contributed by atoms with Gasteiger partial charge >= 0.3 is 0 Å². The minimum atomic E-state index is 0.347. The lowest BCUT2D eigenvalue weighted by atomic mass is 10.2. The Labute approximate surface area is 183 Å². The third-order valence-corrected chi connectivity index (χ3v) is 5.19. The maximum absolute atomic E-state index is 6.17. The number of nitrogens with one attached hydrogen (secondary N) is 1. The molecule has 7 heteroatoms. The van der Waals surface area contributed by atoms with Crippen molar-refractivity contribution in [3.63, 3.8) is 0 Å². The summed E-state index contributed by atoms with van der Waals surface area (Å²) < 4.78 is 5.82. The first-order valence-corrected chi connectivity index (χ1v) is 9.90. The normalized spacial score (nSPS) is 11.0.